The van der Waals surface area contributed by atoms with Crippen molar-refractivity contribution in [2.75, 3.05) is 18.8 Å². The molecule has 19 heavy (non-hydrogen) atoms. The second kappa shape index (κ2) is 6.05. The van der Waals surface area contributed by atoms with Gasteiger partial charge in [0.15, 0.2) is 5.16 Å². The zero-order valence-corrected chi connectivity index (χ0v) is 11.6. The number of carbonyl (C=O) groups is 2. The average Bonchev–Trinajstić information content (AvgIpc) is 2.81. The lowest BCUT2D eigenvalue weighted by atomic mass is 9.97. The second-order valence-electron chi connectivity index (χ2n) is 4.59. The van der Waals surface area contributed by atoms with E-state index >= 15 is 0 Å². The zero-order chi connectivity index (χ0) is 13.8. The van der Waals surface area contributed by atoms with Crippen LogP contribution >= 0.6 is 11.8 Å². The van der Waals surface area contributed by atoms with Gasteiger partial charge in [0.2, 0.25) is 11.8 Å². The maximum atomic E-state index is 12.1. The van der Waals surface area contributed by atoms with E-state index in [4.69, 9.17) is 5.73 Å². The molecule has 0 aromatic carbocycles. The number of primary amides is 1. The molecule has 2 heterocycles. The fraction of sp³-hybridized carbons (Fsp3) is 0.636. The van der Waals surface area contributed by atoms with E-state index in [9.17, 15) is 9.59 Å². The molecular formula is C11H17N5O2S. The largest absolute Gasteiger partial charge is 0.369 e. The first-order chi connectivity index (χ1) is 9.08. The van der Waals surface area contributed by atoms with Crippen molar-refractivity contribution < 1.29 is 9.59 Å². The number of carbonyl (C=O) groups excluding carboxylic acids is 2. The Morgan fingerprint density at radius 2 is 2.37 bits per heavy atom. The Balaban J connectivity index is 1.86. The van der Waals surface area contributed by atoms with Crippen molar-refractivity contribution >= 4 is 23.6 Å². The SMILES string of the molecule is Cn1cnnc1SCC(=O)N1CCC[C@@H](C(N)=O)C1. The van der Waals surface area contributed by atoms with Crippen LogP contribution in [0.15, 0.2) is 11.5 Å². The van der Waals surface area contributed by atoms with Crippen LogP contribution < -0.4 is 5.73 Å². The van der Waals surface area contributed by atoms with Gasteiger partial charge in [0.25, 0.3) is 0 Å². The Morgan fingerprint density at radius 1 is 1.58 bits per heavy atom. The molecule has 8 heteroatoms. The smallest absolute Gasteiger partial charge is 0.233 e. The van der Waals surface area contributed by atoms with Crippen LogP contribution in [-0.2, 0) is 16.6 Å². The molecule has 0 unspecified atom stereocenters. The number of amides is 2. The van der Waals surface area contributed by atoms with Gasteiger partial charge in [-0.05, 0) is 12.8 Å². The lowest BCUT2D eigenvalue weighted by molar-refractivity contribution is -0.132. The van der Waals surface area contributed by atoms with Gasteiger partial charge in [-0.3, -0.25) is 9.59 Å². The molecule has 1 aliphatic heterocycles. The molecule has 7 nitrogen and oxygen atoms in total. The summed E-state index contributed by atoms with van der Waals surface area (Å²) in [6.45, 7) is 1.13. The van der Waals surface area contributed by atoms with Gasteiger partial charge in [-0.15, -0.1) is 10.2 Å². The Morgan fingerprint density at radius 3 is 3.00 bits per heavy atom. The van der Waals surface area contributed by atoms with Gasteiger partial charge < -0.3 is 15.2 Å². The minimum Gasteiger partial charge on any atom is -0.369 e. The number of rotatable bonds is 4. The third kappa shape index (κ3) is 3.46. The second-order valence-corrected chi connectivity index (χ2v) is 5.54. The first kappa shape index (κ1) is 13.9. The van der Waals surface area contributed by atoms with Crippen molar-refractivity contribution in [3.63, 3.8) is 0 Å². The maximum absolute atomic E-state index is 12.1. The third-order valence-electron chi connectivity index (χ3n) is 3.17. The summed E-state index contributed by atoms with van der Waals surface area (Å²) in [4.78, 5) is 24.9. The predicted octanol–water partition coefficient (Wildman–Crippen LogP) is -0.369. The van der Waals surface area contributed by atoms with Crippen molar-refractivity contribution in [1.82, 2.24) is 19.7 Å². The molecule has 0 radical (unpaired) electrons. The van der Waals surface area contributed by atoms with Gasteiger partial charge in [-0.1, -0.05) is 11.8 Å². The molecule has 2 N–H and O–H groups in total. The molecule has 2 amide bonds. The summed E-state index contributed by atoms with van der Waals surface area (Å²) < 4.78 is 1.76. The first-order valence-corrected chi connectivity index (χ1v) is 7.10. The summed E-state index contributed by atoms with van der Waals surface area (Å²) in [6.07, 6.45) is 3.19. The average molecular weight is 283 g/mol. The Hall–Kier alpha value is -1.57. The Bertz CT molecular complexity index is 475. The predicted molar refractivity (Wildman–Crippen MR) is 70.2 cm³/mol. The first-order valence-electron chi connectivity index (χ1n) is 6.12. The van der Waals surface area contributed by atoms with E-state index in [1.807, 2.05) is 7.05 Å². The number of likely N-dealkylation sites (tertiary alicyclic amines) is 1. The molecular weight excluding hydrogens is 266 g/mol. The van der Waals surface area contributed by atoms with Crippen molar-refractivity contribution in [3.05, 3.63) is 6.33 Å². The standard InChI is InChI=1S/C11H17N5O2S/c1-15-7-13-14-11(15)19-6-9(17)16-4-2-3-8(5-16)10(12)18/h7-8H,2-6H2,1H3,(H2,12,18)/t8-/m1/s1. The minimum absolute atomic E-state index is 0.0129. The normalized spacial score (nSPS) is 19.4. The van der Waals surface area contributed by atoms with Gasteiger partial charge >= 0.3 is 0 Å². The summed E-state index contributed by atoms with van der Waals surface area (Å²) >= 11 is 1.35. The zero-order valence-electron chi connectivity index (χ0n) is 10.8. The van der Waals surface area contributed by atoms with Crippen LogP contribution in [0.25, 0.3) is 0 Å². The Kier molecular flexibility index (Phi) is 4.41. The molecule has 1 fully saturated rings. The van der Waals surface area contributed by atoms with Crippen molar-refractivity contribution in [2.24, 2.45) is 18.7 Å². The lowest BCUT2D eigenvalue weighted by Crippen LogP contribution is -2.44. The third-order valence-corrected chi connectivity index (χ3v) is 4.19. The Labute approximate surface area is 115 Å². The van der Waals surface area contributed by atoms with Crippen LogP contribution in [-0.4, -0.2) is 50.3 Å². The topological polar surface area (TPSA) is 94.1 Å². The van der Waals surface area contributed by atoms with Crippen LogP contribution in [0.3, 0.4) is 0 Å². The highest BCUT2D eigenvalue weighted by Gasteiger charge is 2.26. The van der Waals surface area contributed by atoms with E-state index in [1.165, 1.54) is 11.8 Å². The number of thioether (sulfide) groups is 1. The van der Waals surface area contributed by atoms with Crippen LogP contribution in [0.2, 0.25) is 0 Å². The summed E-state index contributed by atoms with van der Waals surface area (Å²) in [6, 6.07) is 0. The van der Waals surface area contributed by atoms with E-state index < -0.39 is 0 Å². The fourth-order valence-electron chi connectivity index (χ4n) is 2.06. The molecule has 1 saturated heterocycles. The number of aryl methyl sites for hydroxylation is 1. The number of hydrogen-bond acceptors (Lipinski definition) is 5. The van der Waals surface area contributed by atoms with Gasteiger partial charge in [0, 0.05) is 20.1 Å². The van der Waals surface area contributed by atoms with Crippen LogP contribution in [0.5, 0.6) is 0 Å². The molecule has 1 aromatic rings. The lowest BCUT2D eigenvalue weighted by Gasteiger charge is -2.31. The molecule has 1 aromatic heterocycles. The van der Waals surface area contributed by atoms with Crippen molar-refractivity contribution in [1.29, 1.82) is 0 Å². The highest BCUT2D eigenvalue weighted by Crippen LogP contribution is 2.19. The summed E-state index contributed by atoms with van der Waals surface area (Å²) in [5.74, 6) is -0.215. The fourth-order valence-corrected chi connectivity index (χ4v) is 2.85. The van der Waals surface area contributed by atoms with Crippen molar-refractivity contribution in [3.8, 4) is 0 Å². The number of nitrogens with zero attached hydrogens (tertiary/aromatic N) is 4. The summed E-state index contributed by atoms with van der Waals surface area (Å²) in [5, 5.41) is 8.37. The van der Waals surface area contributed by atoms with Gasteiger partial charge in [0.05, 0.1) is 11.7 Å². The molecule has 0 aliphatic carbocycles. The number of hydrogen-bond donors (Lipinski definition) is 1. The highest BCUT2D eigenvalue weighted by atomic mass is 32.2. The maximum Gasteiger partial charge on any atom is 0.233 e. The van der Waals surface area contributed by atoms with Gasteiger partial charge in [-0.25, -0.2) is 0 Å². The monoisotopic (exact) mass is 283 g/mol. The molecule has 104 valence electrons. The minimum atomic E-state index is -0.321. The van der Waals surface area contributed by atoms with Gasteiger partial charge in [0.1, 0.15) is 6.33 Å². The molecule has 1 aliphatic rings. The molecule has 0 saturated carbocycles. The molecule has 1 atom stereocenters. The van der Waals surface area contributed by atoms with E-state index in [0.717, 1.165) is 12.8 Å². The van der Waals surface area contributed by atoms with Crippen molar-refractivity contribution in [2.45, 2.75) is 18.0 Å². The number of piperidine rings is 1. The molecule has 0 bridgehead atoms. The van der Waals surface area contributed by atoms with Gasteiger partial charge in [-0.2, -0.15) is 0 Å². The molecule has 0 spiro atoms. The van der Waals surface area contributed by atoms with Crippen LogP contribution in [0, 0.1) is 5.92 Å². The summed E-state index contributed by atoms with van der Waals surface area (Å²) in [7, 11) is 1.83. The number of nitrogens with two attached hydrogens (primary N) is 1. The van der Waals surface area contributed by atoms with E-state index in [1.54, 1.807) is 15.8 Å². The quantitative estimate of drug-likeness (QED) is 0.761. The number of aromatic nitrogens is 3. The van der Waals surface area contributed by atoms with Crippen LogP contribution in [0.1, 0.15) is 12.8 Å². The van der Waals surface area contributed by atoms with E-state index in [0.29, 0.717) is 24.0 Å². The highest BCUT2D eigenvalue weighted by molar-refractivity contribution is 7.99. The van der Waals surface area contributed by atoms with E-state index in [-0.39, 0.29) is 17.7 Å². The summed E-state index contributed by atoms with van der Waals surface area (Å²) in [5.41, 5.74) is 5.30. The van der Waals surface area contributed by atoms with E-state index in [2.05, 4.69) is 10.2 Å². The molecule has 2 rings (SSSR count). The van der Waals surface area contributed by atoms with Crippen LogP contribution in [0.4, 0.5) is 0 Å².